The molecule has 12 heavy (non-hydrogen) atoms. The molecule has 0 bridgehead atoms. The minimum Gasteiger partial charge on any atom is -0.464 e. The van der Waals surface area contributed by atoms with Crippen molar-refractivity contribution >= 4 is 5.57 Å². The molecule has 0 saturated carbocycles. The van der Waals surface area contributed by atoms with Crippen molar-refractivity contribution in [1.82, 2.24) is 0 Å². The number of allylic oxidation sites excluding steroid dienone is 3. The molecule has 0 fully saturated rings. The van der Waals surface area contributed by atoms with Gasteiger partial charge in [0.15, 0.2) is 0 Å². The van der Waals surface area contributed by atoms with Crippen LogP contribution >= 0.6 is 0 Å². The first kappa shape index (κ1) is 7.37. The summed E-state index contributed by atoms with van der Waals surface area (Å²) in [7, 11) is 0. The average Bonchev–Trinajstić information content (AvgIpc) is 2.46. The molecule has 1 aliphatic rings. The summed E-state index contributed by atoms with van der Waals surface area (Å²) in [5.74, 6) is 0.822. The van der Waals surface area contributed by atoms with Gasteiger partial charge < -0.3 is 9.52 Å². The fraction of sp³-hybridized carbons (Fsp3) is 0.200. The Bertz CT molecular complexity index is 331. The Morgan fingerprint density at radius 1 is 1.50 bits per heavy atom. The minimum atomic E-state index is 0.0326. The number of hydrogen-bond acceptors (Lipinski definition) is 2. The van der Waals surface area contributed by atoms with E-state index >= 15 is 0 Å². The highest BCUT2D eigenvalue weighted by molar-refractivity contribution is 5.67. The van der Waals surface area contributed by atoms with Gasteiger partial charge >= 0.3 is 0 Å². The van der Waals surface area contributed by atoms with Crippen molar-refractivity contribution in [3.63, 3.8) is 0 Å². The van der Waals surface area contributed by atoms with E-state index in [1.807, 2.05) is 18.2 Å². The van der Waals surface area contributed by atoms with Gasteiger partial charge in [0.1, 0.15) is 5.76 Å². The van der Waals surface area contributed by atoms with Crippen LogP contribution in [0.2, 0.25) is 0 Å². The van der Waals surface area contributed by atoms with Gasteiger partial charge in [-0.2, -0.15) is 0 Å². The summed E-state index contributed by atoms with van der Waals surface area (Å²) < 4.78 is 5.27. The first-order valence-electron chi connectivity index (χ1n) is 3.95. The van der Waals surface area contributed by atoms with E-state index in [4.69, 9.17) is 9.52 Å². The zero-order valence-electron chi connectivity index (χ0n) is 6.66. The molecule has 0 saturated heterocycles. The van der Waals surface area contributed by atoms with E-state index in [2.05, 4.69) is 6.08 Å². The van der Waals surface area contributed by atoms with Gasteiger partial charge in [0.25, 0.3) is 0 Å². The number of aliphatic hydroxyl groups excluding tert-OH is 1. The maximum atomic E-state index is 9.02. The lowest BCUT2D eigenvalue weighted by Gasteiger charge is -1.99. The van der Waals surface area contributed by atoms with Crippen LogP contribution in [0.3, 0.4) is 0 Å². The van der Waals surface area contributed by atoms with E-state index in [1.165, 1.54) is 0 Å². The zero-order chi connectivity index (χ0) is 8.39. The molecule has 1 N–H and O–H groups in total. The van der Waals surface area contributed by atoms with Crippen LogP contribution in [-0.2, 0) is 6.42 Å². The van der Waals surface area contributed by atoms with Crippen LogP contribution in [0.15, 0.2) is 35.0 Å². The van der Waals surface area contributed by atoms with Gasteiger partial charge in [0, 0.05) is 11.1 Å². The average molecular weight is 162 g/mol. The lowest BCUT2D eigenvalue weighted by Crippen LogP contribution is -1.90. The van der Waals surface area contributed by atoms with Crippen molar-refractivity contribution < 1.29 is 9.52 Å². The Hall–Kier alpha value is -1.28. The second-order valence-electron chi connectivity index (χ2n) is 2.76. The highest BCUT2D eigenvalue weighted by Gasteiger charge is 2.10. The van der Waals surface area contributed by atoms with Gasteiger partial charge in [0.05, 0.1) is 12.9 Å². The molecule has 0 unspecified atom stereocenters. The molecule has 0 radical (unpaired) electrons. The number of furan rings is 1. The third-order valence-electron chi connectivity index (χ3n) is 1.98. The second kappa shape index (κ2) is 2.99. The summed E-state index contributed by atoms with van der Waals surface area (Å²) in [6.45, 7) is 0.0326. The third-order valence-corrected chi connectivity index (χ3v) is 1.98. The normalized spacial score (nSPS) is 15.2. The Morgan fingerprint density at radius 3 is 3.25 bits per heavy atom. The molecule has 0 aliphatic heterocycles. The molecule has 0 spiro atoms. The molecule has 62 valence electrons. The maximum Gasteiger partial charge on any atom is 0.135 e. The van der Waals surface area contributed by atoms with Gasteiger partial charge in [0.2, 0.25) is 0 Å². The third kappa shape index (κ3) is 1.10. The van der Waals surface area contributed by atoms with E-state index < -0.39 is 0 Å². The Morgan fingerprint density at radius 2 is 2.42 bits per heavy atom. The number of rotatable bonds is 1. The van der Waals surface area contributed by atoms with Crippen molar-refractivity contribution in [3.05, 3.63) is 41.9 Å². The molecule has 0 atom stereocenters. The van der Waals surface area contributed by atoms with E-state index in [1.54, 1.807) is 6.26 Å². The monoisotopic (exact) mass is 162 g/mol. The van der Waals surface area contributed by atoms with Gasteiger partial charge in [-0.3, -0.25) is 0 Å². The molecule has 1 aromatic heterocycles. The second-order valence-corrected chi connectivity index (χ2v) is 2.76. The fourth-order valence-corrected chi connectivity index (χ4v) is 1.36. The van der Waals surface area contributed by atoms with Crippen molar-refractivity contribution in [3.8, 4) is 0 Å². The molecule has 2 rings (SSSR count). The molecular weight excluding hydrogens is 152 g/mol. The first-order chi connectivity index (χ1) is 5.92. The van der Waals surface area contributed by atoms with E-state index in [9.17, 15) is 0 Å². The number of hydrogen-bond donors (Lipinski definition) is 1. The van der Waals surface area contributed by atoms with E-state index in [0.717, 1.165) is 23.3 Å². The summed E-state index contributed by atoms with van der Waals surface area (Å²) in [5.41, 5.74) is 1.99. The van der Waals surface area contributed by atoms with Crippen molar-refractivity contribution in [2.24, 2.45) is 0 Å². The van der Waals surface area contributed by atoms with E-state index in [-0.39, 0.29) is 6.61 Å². The van der Waals surface area contributed by atoms with Crippen LogP contribution in [0, 0.1) is 0 Å². The molecule has 0 aromatic carbocycles. The Kier molecular flexibility index (Phi) is 1.84. The van der Waals surface area contributed by atoms with Gasteiger partial charge in [-0.25, -0.2) is 0 Å². The van der Waals surface area contributed by atoms with E-state index in [0.29, 0.717) is 0 Å². The largest absolute Gasteiger partial charge is 0.464 e. The van der Waals surface area contributed by atoms with Crippen LogP contribution in [0.4, 0.5) is 0 Å². The highest BCUT2D eigenvalue weighted by Crippen LogP contribution is 2.23. The van der Waals surface area contributed by atoms with Crippen molar-refractivity contribution in [1.29, 1.82) is 0 Å². The summed E-state index contributed by atoms with van der Waals surface area (Å²) in [6, 6.07) is 1.94. The predicted molar refractivity (Wildman–Crippen MR) is 46.6 cm³/mol. The summed E-state index contributed by atoms with van der Waals surface area (Å²) >= 11 is 0. The maximum absolute atomic E-state index is 9.02. The van der Waals surface area contributed by atoms with Crippen molar-refractivity contribution in [2.75, 3.05) is 6.61 Å². The number of aliphatic hydroxyl groups is 1. The molecule has 0 amide bonds. The summed E-state index contributed by atoms with van der Waals surface area (Å²) in [6.07, 6.45) is 8.42. The molecular formula is C10H10O2. The summed E-state index contributed by atoms with van der Waals surface area (Å²) in [4.78, 5) is 0. The van der Waals surface area contributed by atoms with Gasteiger partial charge in [-0.05, 0) is 12.5 Å². The lowest BCUT2D eigenvalue weighted by molar-refractivity contribution is 0.346. The van der Waals surface area contributed by atoms with Crippen LogP contribution in [0.25, 0.3) is 5.57 Å². The molecule has 2 nitrogen and oxygen atoms in total. The standard InChI is InChI=1S/C10H10O2/c11-7-9-4-2-1-3-8-5-6-12-10(8)9/h1-2,4-6,11H,3,7H2. The summed E-state index contributed by atoms with van der Waals surface area (Å²) in [5, 5.41) is 9.02. The van der Waals surface area contributed by atoms with Crippen molar-refractivity contribution in [2.45, 2.75) is 6.42 Å². The van der Waals surface area contributed by atoms with Gasteiger partial charge in [-0.1, -0.05) is 18.2 Å². The van der Waals surface area contributed by atoms with Crippen LogP contribution < -0.4 is 0 Å². The quantitative estimate of drug-likeness (QED) is 0.682. The fourth-order valence-electron chi connectivity index (χ4n) is 1.36. The Labute approximate surface area is 70.8 Å². The zero-order valence-corrected chi connectivity index (χ0v) is 6.66. The molecule has 1 aromatic rings. The smallest absolute Gasteiger partial charge is 0.135 e. The first-order valence-corrected chi connectivity index (χ1v) is 3.95. The lowest BCUT2D eigenvalue weighted by atomic mass is 10.1. The van der Waals surface area contributed by atoms with Crippen LogP contribution in [-0.4, -0.2) is 11.7 Å². The van der Waals surface area contributed by atoms with Crippen LogP contribution in [0.1, 0.15) is 11.3 Å². The number of fused-ring (bicyclic) bond motifs is 1. The highest BCUT2D eigenvalue weighted by atomic mass is 16.3. The molecule has 2 heteroatoms. The predicted octanol–water partition coefficient (Wildman–Crippen LogP) is 1.77. The molecule has 1 heterocycles. The van der Waals surface area contributed by atoms with Crippen LogP contribution in [0.5, 0.6) is 0 Å². The topological polar surface area (TPSA) is 33.4 Å². The minimum absolute atomic E-state index is 0.0326. The Balaban J connectivity index is 2.49. The SMILES string of the molecule is OCC1=CC=CCc2ccoc21. The van der Waals surface area contributed by atoms with Gasteiger partial charge in [-0.15, -0.1) is 0 Å². The molecule has 1 aliphatic carbocycles.